The Hall–Kier alpha value is -1.65. The van der Waals surface area contributed by atoms with Gasteiger partial charge in [-0.3, -0.25) is 9.59 Å². The topological polar surface area (TPSA) is 69.7 Å². The minimum Gasteiger partial charge on any atom is -0.462 e. The summed E-state index contributed by atoms with van der Waals surface area (Å²) in [5, 5.41) is 0. The molecule has 0 saturated carbocycles. The lowest BCUT2D eigenvalue weighted by Gasteiger charge is -2.05. The van der Waals surface area contributed by atoms with Crippen LogP contribution in [0.5, 0.6) is 0 Å². The van der Waals surface area contributed by atoms with Crippen molar-refractivity contribution in [3.8, 4) is 0 Å². The van der Waals surface area contributed by atoms with Gasteiger partial charge in [-0.25, -0.2) is 4.79 Å². The van der Waals surface area contributed by atoms with E-state index in [1.54, 1.807) is 6.92 Å². The van der Waals surface area contributed by atoms with Crippen molar-refractivity contribution in [2.24, 2.45) is 0 Å². The second kappa shape index (κ2) is 7.62. The van der Waals surface area contributed by atoms with Gasteiger partial charge in [0.05, 0.1) is 0 Å². The largest absolute Gasteiger partial charge is 0.462 e. The monoisotopic (exact) mass is 228 g/mol. The molecule has 0 aliphatic rings. The maximum Gasteiger partial charge on any atom is 0.333 e. The maximum absolute atomic E-state index is 11.0. The Morgan fingerprint density at radius 1 is 1.12 bits per heavy atom. The zero-order valence-electron chi connectivity index (χ0n) is 9.58. The SMILES string of the molecule is C=C(C)C(=O)OCCOC(=O)CC(=O)CC. The number of hydrogen-bond acceptors (Lipinski definition) is 5. The van der Waals surface area contributed by atoms with Crippen LogP contribution < -0.4 is 0 Å². The maximum atomic E-state index is 11.0. The van der Waals surface area contributed by atoms with Gasteiger partial charge in [-0.15, -0.1) is 0 Å². The van der Waals surface area contributed by atoms with Gasteiger partial charge in [-0.05, 0) is 6.92 Å². The van der Waals surface area contributed by atoms with Gasteiger partial charge in [-0.2, -0.15) is 0 Å². The molecule has 0 saturated heterocycles. The van der Waals surface area contributed by atoms with E-state index in [9.17, 15) is 14.4 Å². The van der Waals surface area contributed by atoms with Gasteiger partial charge in [0.1, 0.15) is 25.4 Å². The number of rotatable bonds is 7. The van der Waals surface area contributed by atoms with E-state index >= 15 is 0 Å². The molecule has 0 aromatic heterocycles. The van der Waals surface area contributed by atoms with E-state index < -0.39 is 11.9 Å². The van der Waals surface area contributed by atoms with Gasteiger partial charge in [0, 0.05) is 12.0 Å². The molecule has 0 aliphatic heterocycles. The predicted molar refractivity (Wildman–Crippen MR) is 56.6 cm³/mol. The third kappa shape index (κ3) is 6.75. The van der Waals surface area contributed by atoms with Crippen molar-refractivity contribution in [3.63, 3.8) is 0 Å². The molecule has 0 N–H and O–H groups in total. The van der Waals surface area contributed by atoms with Crippen LogP contribution in [0.3, 0.4) is 0 Å². The van der Waals surface area contributed by atoms with Crippen molar-refractivity contribution in [1.82, 2.24) is 0 Å². The third-order valence-electron chi connectivity index (χ3n) is 1.66. The van der Waals surface area contributed by atoms with Crippen molar-refractivity contribution in [2.45, 2.75) is 26.7 Å². The van der Waals surface area contributed by atoms with E-state index in [1.807, 2.05) is 0 Å². The van der Waals surface area contributed by atoms with E-state index in [2.05, 4.69) is 16.1 Å². The second-order valence-electron chi connectivity index (χ2n) is 3.21. The van der Waals surface area contributed by atoms with Crippen LogP contribution in [0.1, 0.15) is 26.7 Å². The van der Waals surface area contributed by atoms with E-state index in [1.165, 1.54) is 6.92 Å². The number of hydrogen-bond donors (Lipinski definition) is 0. The highest BCUT2D eigenvalue weighted by Crippen LogP contribution is 1.94. The summed E-state index contributed by atoms with van der Waals surface area (Å²) < 4.78 is 9.36. The summed E-state index contributed by atoms with van der Waals surface area (Å²) in [6.45, 7) is 6.51. The van der Waals surface area contributed by atoms with E-state index in [0.717, 1.165) is 0 Å². The molecule has 16 heavy (non-hydrogen) atoms. The molecule has 0 aliphatic carbocycles. The fourth-order valence-electron chi connectivity index (χ4n) is 0.750. The number of esters is 2. The first-order valence-electron chi connectivity index (χ1n) is 4.97. The Bertz CT molecular complexity index is 293. The predicted octanol–water partition coefficient (Wildman–Crippen LogP) is 1.02. The van der Waals surface area contributed by atoms with Gasteiger partial charge >= 0.3 is 11.9 Å². The molecule has 0 aromatic carbocycles. The van der Waals surface area contributed by atoms with Crippen LogP contribution in [0.2, 0.25) is 0 Å². The van der Waals surface area contributed by atoms with Gasteiger partial charge in [0.25, 0.3) is 0 Å². The normalized spacial score (nSPS) is 9.38. The van der Waals surface area contributed by atoms with Gasteiger partial charge in [0.2, 0.25) is 0 Å². The van der Waals surface area contributed by atoms with Crippen molar-refractivity contribution < 1.29 is 23.9 Å². The molecule has 0 atom stereocenters. The van der Waals surface area contributed by atoms with Crippen LogP contribution in [-0.2, 0) is 23.9 Å². The van der Waals surface area contributed by atoms with Crippen molar-refractivity contribution in [2.75, 3.05) is 13.2 Å². The summed E-state index contributed by atoms with van der Waals surface area (Å²) in [5.41, 5.74) is 0.285. The fraction of sp³-hybridized carbons (Fsp3) is 0.545. The van der Waals surface area contributed by atoms with Crippen LogP contribution >= 0.6 is 0 Å². The number of ketones is 1. The molecule has 0 heterocycles. The lowest BCUT2D eigenvalue weighted by atomic mass is 10.2. The summed E-state index contributed by atoms with van der Waals surface area (Å²) in [5.74, 6) is -1.30. The molecule has 5 nitrogen and oxygen atoms in total. The Labute approximate surface area is 94.4 Å². The molecule has 5 heteroatoms. The van der Waals surface area contributed by atoms with E-state index in [4.69, 9.17) is 0 Å². The molecule has 0 spiro atoms. The number of carbonyl (C=O) groups excluding carboxylic acids is 3. The molecule has 0 rings (SSSR count). The first kappa shape index (κ1) is 14.3. The average Bonchev–Trinajstić information content (AvgIpc) is 2.23. The number of Topliss-reactive ketones (excluding diaryl/α,β-unsaturated/α-hetero) is 1. The number of carbonyl (C=O) groups is 3. The Morgan fingerprint density at radius 2 is 1.69 bits per heavy atom. The van der Waals surface area contributed by atoms with E-state index in [-0.39, 0.29) is 31.0 Å². The van der Waals surface area contributed by atoms with E-state index in [0.29, 0.717) is 6.42 Å². The Balaban J connectivity index is 3.59. The van der Waals surface area contributed by atoms with Crippen LogP contribution in [0.4, 0.5) is 0 Å². The van der Waals surface area contributed by atoms with Gasteiger partial charge < -0.3 is 9.47 Å². The second-order valence-corrected chi connectivity index (χ2v) is 3.21. The first-order chi connectivity index (χ1) is 7.47. The lowest BCUT2D eigenvalue weighted by molar-refractivity contribution is -0.151. The molecule has 90 valence electrons. The lowest BCUT2D eigenvalue weighted by Crippen LogP contribution is -2.16. The zero-order valence-corrected chi connectivity index (χ0v) is 9.58. The molecule has 0 bridgehead atoms. The number of ether oxygens (including phenoxy) is 2. The fourth-order valence-corrected chi connectivity index (χ4v) is 0.750. The molecule has 0 aromatic rings. The Morgan fingerprint density at radius 3 is 2.19 bits per heavy atom. The minimum absolute atomic E-state index is 0.0300. The first-order valence-corrected chi connectivity index (χ1v) is 4.97. The van der Waals surface area contributed by atoms with Gasteiger partial charge in [-0.1, -0.05) is 13.5 Å². The minimum atomic E-state index is -0.599. The van der Waals surface area contributed by atoms with Crippen LogP contribution in [0.15, 0.2) is 12.2 Å². The van der Waals surface area contributed by atoms with Crippen molar-refractivity contribution in [1.29, 1.82) is 0 Å². The summed E-state index contributed by atoms with van der Waals surface area (Å²) in [7, 11) is 0. The summed E-state index contributed by atoms with van der Waals surface area (Å²) in [6.07, 6.45) is 0.0741. The van der Waals surface area contributed by atoms with Crippen LogP contribution in [0, 0.1) is 0 Å². The van der Waals surface area contributed by atoms with Crippen molar-refractivity contribution >= 4 is 17.7 Å². The third-order valence-corrected chi connectivity index (χ3v) is 1.66. The molecule has 0 unspecified atom stereocenters. The summed E-state index contributed by atoms with van der Waals surface area (Å²) >= 11 is 0. The average molecular weight is 228 g/mol. The highest BCUT2D eigenvalue weighted by Gasteiger charge is 2.09. The highest BCUT2D eigenvalue weighted by molar-refractivity contribution is 5.95. The van der Waals surface area contributed by atoms with Crippen molar-refractivity contribution in [3.05, 3.63) is 12.2 Å². The summed E-state index contributed by atoms with van der Waals surface area (Å²) in [6, 6.07) is 0. The summed E-state index contributed by atoms with van der Waals surface area (Å²) in [4.78, 5) is 32.7. The van der Waals surface area contributed by atoms with Crippen LogP contribution in [0.25, 0.3) is 0 Å². The molecule has 0 fully saturated rings. The highest BCUT2D eigenvalue weighted by atomic mass is 16.6. The zero-order chi connectivity index (χ0) is 12.6. The molecular formula is C11H16O5. The molecular weight excluding hydrogens is 212 g/mol. The van der Waals surface area contributed by atoms with Crippen LogP contribution in [-0.4, -0.2) is 30.9 Å². The standard InChI is InChI=1S/C11H16O5/c1-4-9(12)7-10(13)15-5-6-16-11(14)8(2)3/h2,4-7H2,1,3H3. The molecule has 0 radical (unpaired) electrons. The Kier molecular flexibility index (Phi) is 6.83. The van der Waals surface area contributed by atoms with Gasteiger partial charge in [0.15, 0.2) is 0 Å². The smallest absolute Gasteiger partial charge is 0.333 e. The quantitative estimate of drug-likeness (QED) is 0.281. The molecule has 0 amide bonds.